The second kappa shape index (κ2) is 4.24. The van der Waals surface area contributed by atoms with Gasteiger partial charge >= 0.3 is 0 Å². The Morgan fingerprint density at radius 2 is 2.07 bits per heavy atom. The molecule has 3 heteroatoms. The van der Waals surface area contributed by atoms with Crippen molar-refractivity contribution in [1.82, 2.24) is 0 Å². The molecule has 0 saturated carbocycles. The summed E-state index contributed by atoms with van der Waals surface area (Å²) in [5, 5.41) is 9.58. The van der Waals surface area contributed by atoms with Crippen molar-refractivity contribution in [3.8, 4) is 0 Å². The number of benzene rings is 1. The summed E-state index contributed by atoms with van der Waals surface area (Å²) < 4.78 is 0. The van der Waals surface area contributed by atoms with Crippen LogP contribution in [0, 0.1) is 6.92 Å². The first kappa shape index (κ1) is 11.4. The Bertz CT molecular complexity index is 318. The molecule has 0 aliphatic heterocycles. The van der Waals surface area contributed by atoms with Crippen molar-refractivity contribution in [2.45, 2.75) is 31.3 Å². The van der Waals surface area contributed by atoms with Gasteiger partial charge in [-0.2, -0.15) is 0 Å². The van der Waals surface area contributed by atoms with Crippen LogP contribution in [0.3, 0.4) is 0 Å². The van der Waals surface area contributed by atoms with Crippen LogP contribution < -0.4 is 5.73 Å². The van der Waals surface area contributed by atoms with Crippen molar-refractivity contribution in [3.05, 3.63) is 23.8 Å². The van der Waals surface area contributed by atoms with E-state index in [1.165, 1.54) is 10.5 Å². The minimum absolute atomic E-state index is 0.626. The smallest absolute Gasteiger partial charge is 0.0685 e. The molecule has 0 aliphatic carbocycles. The van der Waals surface area contributed by atoms with Gasteiger partial charge in [0.05, 0.1) is 5.60 Å². The van der Waals surface area contributed by atoms with E-state index in [1.54, 1.807) is 11.8 Å². The van der Waals surface area contributed by atoms with Crippen LogP contribution in [-0.4, -0.2) is 16.5 Å². The molecule has 0 heterocycles. The highest BCUT2D eigenvalue weighted by atomic mass is 32.2. The average molecular weight is 211 g/mol. The molecule has 14 heavy (non-hydrogen) atoms. The van der Waals surface area contributed by atoms with Gasteiger partial charge in [0.25, 0.3) is 0 Å². The van der Waals surface area contributed by atoms with Gasteiger partial charge in [-0.1, -0.05) is 0 Å². The van der Waals surface area contributed by atoms with Crippen molar-refractivity contribution < 1.29 is 5.11 Å². The Balaban J connectivity index is 2.68. The van der Waals surface area contributed by atoms with Gasteiger partial charge in [-0.05, 0) is 44.5 Å². The van der Waals surface area contributed by atoms with E-state index in [-0.39, 0.29) is 0 Å². The molecule has 1 aromatic carbocycles. The number of hydrogen-bond acceptors (Lipinski definition) is 3. The highest BCUT2D eigenvalue weighted by molar-refractivity contribution is 7.99. The largest absolute Gasteiger partial charge is 0.399 e. The topological polar surface area (TPSA) is 46.2 Å². The third-order valence-electron chi connectivity index (χ3n) is 1.78. The van der Waals surface area contributed by atoms with Crippen molar-refractivity contribution in [1.29, 1.82) is 0 Å². The molecule has 0 radical (unpaired) electrons. The van der Waals surface area contributed by atoms with Crippen LogP contribution >= 0.6 is 11.8 Å². The van der Waals surface area contributed by atoms with E-state index in [1.807, 2.05) is 39.0 Å². The molecular formula is C11H17NOS. The lowest BCUT2D eigenvalue weighted by Crippen LogP contribution is -2.21. The average Bonchev–Trinajstić information content (AvgIpc) is 2.00. The molecule has 0 aliphatic rings. The van der Waals surface area contributed by atoms with E-state index in [2.05, 4.69) is 0 Å². The molecule has 0 atom stereocenters. The maximum atomic E-state index is 9.58. The zero-order valence-corrected chi connectivity index (χ0v) is 9.69. The fraction of sp³-hybridized carbons (Fsp3) is 0.455. The van der Waals surface area contributed by atoms with Crippen LogP contribution in [0.2, 0.25) is 0 Å². The standard InChI is InChI=1S/C11H17NOS/c1-8-6-9(12)4-5-10(8)14-7-11(2,3)13/h4-6,13H,7,12H2,1-3H3. The summed E-state index contributed by atoms with van der Waals surface area (Å²) in [6.45, 7) is 5.66. The minimum atomic E-state index is -0.626. The van der Waals surface area contributed by atoms with Crippen LogP contribution in [-0.2, 0) is 0 Å². The molecule has 0 aromatic heterocycles. The van der Waals surface area contributed by atoms with Gasteiger partial charge in [-0.3, -0.25) is 0 Å². The van der Waals surface area contributed by atoms with Gasteiger partial charge in [0.2, 0.25) is 0 Å². The fourth-order valence-electron chi connectivity index (χ4n) is 1.09. The number of aliphatic hydroxyl groups is 1. The molecule has 0 spiro atoms. The Labute approximate surface area is 89.5 Å². The normalized spacial score (nSPS) is 11.7. The van der Waals surface area contributed by atoms with Gasteiger partial charge in [-0.15, -0.1) is 11.8 Å². The highest BCUT2D eigenvalue weighted by Crippen LogP contribution is 2.26. The molecule has 0 fully saturated rings. The molecule has 0 bridgehead atoms. The van der Waals surface area contributed by atoms with Crippen LogP contribution in [0.1, 0.15) is 19.4 Å². The minimum Gasteiger partial charge on any atom is -0.399 e. The summed E-state index contributed by atoms with van der Waals surface area (Å²) in [6, 6.07) is 5.84. The highest BCUT2D eigenvalue weighted by Gasteiger charge is 2.13. The molecule has 0 unspecified atom stereocenters. The van der Waals surface area contributed by atoms with E-state index in [0.717, 1.165) is 5.69 Å². The monoisotopic (exact) mass is 211 g/mol. The predicted molar refractivity (Wildman–Crippen MR) is 62.6 cm³/mol. The number of thioether (sulfide) groups is 1. The predicted octanol–water partition coefficient (Wildman–Crippen LogP) is 2.44. The number of rotatable bonds is 3. The Hall–Kier alpha value is -0.670. The summed E-state index contributed by atoms with van der Waals surface area (Å²) in [7, 11) is 0. The summed E-state index contributed by atoms with van der Waals surface area (Å²) in [6.07, 6.45) is 0. The van der Waals surface area contributed by atoms with Gasteiger partial charge in [0.15, 0.2) is 0 Å². The number of nitrogens with two attached hydrogens (primary N) is 1. The molecule has 1 aromatic rings. The Kier molecular flexibility index (Phi) is 3.45. The lowest BCUT2D eigenvalue weighted by atomic mass is 10.2. The number of nitrogen functional groups attached to an aromatic ring is 1. The van der Waals surface area contributed by atoms with E-state index >= 15 is 0 Å². The van der Waals surface area contributed by atoms with Crippen LogP contribution in [0.5, 0.6) is 0 Å². The van der Waals surface area contributed by atoms with Crippen LogP contribution in [0.4, 0.5) is 5.69 Å². The molecule has 0 saturated heterocycles. The third-order valence-corrected chi connectivity index (χ3v) is 3.40. The van der Waals surface area contributed by atoms with Crippen LogP contribution in [0.25, 0.3) is 0 Å². The summed E-state index contributed by atoms with van der Waals surface area (Å²) in [5.74, 6) is 0.692. The van der Waals surface area contributed by atoms with E-state index in [9.17, 15) is 5.11 Å². The molecule has 0 amide bonds. The van der Waals surface area contributed by atoms with E-state index in [4.69, 9.17) is 5.73 Å². The first-order valence-electron chi connectivity index (χ1n) is 4.60. The number of anilines is 1. The summed E-state index contributed by atoms with van der Waals surface area (Å²) >= 11 is 1.66. The second-order valence-electron chi connectivity index (χ2n) is 4.13. The summed E-state index contributed by atoms with van der Waals surface area (Å²) in [5.41, 5.74) is 6.98. The van der Waals surface area contributed by atoms with Gasteiger partial charge < -0.3 is 10.8 Å². The molecule has 2 nitrogen and oxygen atoms in total. The zero-order chi connectivity index (χ0) is 10.8. The number of hydrogen-bond donors (Lipinski definition) is 2. The zero-order valence-electron chi connectivity index (χ0n) is 8.87. The van der Waals surface area contributed by atoms with E-state index in [0.29, 0.717) is 5.75 Å². The van der Waals surface area contributed by atoms with Gasteiger partial charge in [-0.25, -0.2) is 0 Å². The second-order valence-corrected chi connectivity index (χ2v) is 5.14. The fourth-order valence-corrected chi connectivity index (χ4v) is 2.05. The van der Waals surface area contributed by atoms with E-state index < -0.39 is 5.60 Å². The SMILES string of the molecule is Cc1cc(N)ccc1SCC(C)(C)O. The van der Waals surface area contributed by atoms with Gasteiger partial charge in [0.1, 0.15) is 0 Å². The maximum Gasteiger partial charge on any atom is 0.0685 e. The number of aryl methyl sites for hydroxylation is 1. The van der Waals surface area contributed by atoms with Gasteiger partial charge in [0, 0.05) is 16.3 Å². The third kappa shape index (κ3) is 3.60. The molecule has 78 valence electrons. The Morgan fingerprint density at radius 3 is 2.57 bits per heavy atom. The molecular weight excluding hydrogens is 194 g/mol. The van der Waals surface area contributed by atoms with Crippen molar-refractivity contribution in [3.63, 3.8) is 0 Å². The van der Waals surface area contributed by atoms with Crippen molar-refractivity contribution in [2.75, 3.05) is 11.5 Å². The van der Waals surface area contributed by atoms with Crippen LogP contribution in [0.15, 0.2) is 23.1 Å². The summed E-state index contributed by atoms with van der Waals surface area (Å²) in [4.78, 5) is 1.18. The molecule has 1 rings (SSSR count). The van der Waals surface area contributed by atoms with Crippen molar-refractivity contribution >= 4 is 17.4 Å². The maximum absolute atomic E-state index is 9.58. The lowest BCUT2D eigenvalue weighted by molar-refractivity contribution is 0.107. The Morgan fingerprint density at radius 1 is 1.43 bits per heavy atom. The molecule has 3 N–H and O–H groups in total. The lowest BCUT2D eigenvalue weighted by Gasteiger charge is -2.17. The van der Waals surface area contributed by atoms with Crippen molar-refractivity contribution in [2.24, 2.45) is 0 Å². The quantitative estimate of drug-likeness (QED) is 0.596. The first-order valence-corrected chi connectivity index (χ1v) is 5.58. The first-order chi connectivity index (χ1) is 6.38.